The fourth-order valence-corrected chi connectivity index (χ4v) is 2.00. The second-order valence-electron chi connectivity index (χ2n) is 4.48. The Kier molecular flexibility index (Phi) is 1.56. The van der Waals surface area contributed by atoms with Crippen LogP contribution in [0.3, 0.4) is 0 Å². The summed E-state index contributed by atoms with van der Waals surface area (Å²) < 4.78 is 2.05. The van der Waals surface area contributed by atoms with Gasteiger partial charge in [-0.1, -0.05) is 0 Å². The van der Waals surface area contributed by atoms with Crippen molar-refractivity contribution in [2.24, 2.45) is 0 Å². The minimum Gasteiger partial charge on any atom is -0.383 e. The molecular weight excluding hydrogens is 202 g/mol. The average Bonchev–Trinajstić information content (AvgIpc) is 2.90. The van der Waals surface area contributed by atoms with E-state index >= 15 is 0 Å². The lowest BCUT2D eigenvalue weighted by Crippen LogP contribution is -2.11. The Morgan fingerprint density at radius 1 is 1.50 bits per heavy atom. The third-order valence-corrected chi connectivity index (χ3v) is 3.29. The van der Waals surface area contributed by atoms with E-state index in [0.29, 0.717) is 16.8 Å². The van der Waals surface area contributed by atoms with Crippen molar-refractivity contribution in [3.8, 4) is 6.07 Å². The van der Waals surface area contributed by atoms with Gasteiger partial charge in [0, 0.05) is 11.7 Å². The molecule has 0 atom stereocenters. The lowest BCUT2D eigenvalue weighted by molar-refractivity contribution is 0.548. The Labute approximate surface area is 92.5 Å². The third kappa shape index (κ3) is 1.04. The van der Waals surface area contributed by atoms with Crippen molar-refractivity contribution in [2.75, 3.05) is 5.73 Å². The molecule has 5 nitrogen and oxygen atoms in total. The molecule has 0 radical (unpaired) electrons. The molecule has 1 aliphatic rings. The van der Waals surface area contributed by atoms with E-state index in [4.69, 9.17) is 11.0 Å². The summed E-state index contributed by atoms with van der Waals surface area (Å²) in [7, 11) is 0. The molecule has 3 rings (SSSR count). The van der Waals surface area contributed by atoms with Gasteiger partial charge in [-0.3, -0.25) is 0 Å². The van der Waals surface area contributed by atoms with Gasteiger partial charge >= 0.3 is 0 Å². The van der Waals surface area contributed by atoms with E-state index in [2.05, 4.69) is 27.5 Å². The molecule has 80 valence electrons. The maximum atomic E-state index is 9.09. The Hall–Kier alpha value is -2.09. The molecular formula is C11H11N5. The molecule has 0 saturated heterocycles. The van der Waals surface area contributed by atoms with Crippen molar-refractivity contribution >= 4 is 16.9 Å². The largest absolute Gasteiger partial charge is 0.383 e. The fourth-order valence-electron chi connectivity index (χ4n) is 2.00. The number of nitrogens with zero attached hydrogens (tertiary/aromatic N) is 4. The molecule has 0 aromatic carbocycles. The highest BCUT2D eigenvalue weighted by Crippen LogP contribution is 2.45. The second-order valence-corrected chi connectivity index (χ2v) is 4.48. The molecule has 1 fully saturated rings. The zero-order valence-corrected chi connectivity index (χ0v) is 8.94. The van der Waals surface area contributed by atoms with E-state index in [1.807, 2.05) is 6.20 Å². The summed E-state index contributed by atoms with van der Waals surface area (Å²) in [6.45, 7) is 2.16. The zero-order chi connectivity index (χ0) is 11.3. The van der Waals surface area contributed by atoms with Crippen LogP contribution in [0.4, 0.5) is 5.82 Å². The van der Waals surface area contributed by atoms with E-state index in [9.17, 15) is 0 Å². The third-order valence-electron chi connectivity index (χ3n) is 3.29. The van der Waals surface area contributed by atoms with Crippen molar-refractivity contribution in [1.29, 1.82) is 5.26 Å². The minimum absolute atomic E-state index is 0.105. The van der Waals surface area contributed by atoms with Crippen molar-refractivity contribution < 1.29 is 0 Å². The molecule has 1 saturated carbocycles. The van der Waals surface area contributed by atoms with Crippen LogP contribution in [0.2, 0.25) is 0 Å². The Balaban J connectivity index is 2.40. The van der Waals surface area contributed by atoms with E-state index in [1.54, 1.807) is 0 Å². The molecule has 0 bridgehead atoms. The quantitative estimate of drug-likeness (QED) is 0.776. The van der Waals surface area contributed by atoms with Crippen LogP contribution >= 0.6 is 0 Å². The number of hydrogen-bond donors (Lipinski definition) is 1. The first-order chi connectivity index (χ1) is 7.65. The Bertz CT molecular complexity index is 615. The van der Waals surface area contributed by atoms with Gasteiger partial charge in [0.1, 0.15) is 23.9 Å². The molecule has 0 amide bonds. The van der Waals surface area contributed by atoms with Crippen LogP contribution in [0.15, 0.2) is 12.5 Å². The van der Waals surface area contributed by atoms with E-state index in [-0.39, 0.29) is 5.54 Å². The van der Waals surface area contributed by atoms with Gasteiger partial charge in [-0.15, -0.1) is 0 Å². The average molecular weight is 213 g/mol. The van der Waals surface area contributed by atoms with Gasteiger partial charge in [0.05, 0.1) is 10.9 Å². The molecule has 2 aromatic heterocycles. The van der Waals surface area contributed by atoms with Crippen LogP contribution in [0.1, 0.15) is 25.3 Å². The highest BCUT2D eigenvalue weighted by Gasteiger charge is 2.40. The van der Waals surface area contributed by atoms with Gasteiger partial charge in [-0.25, -0.2) is 9.97 Å². The van der Waals surface area contributed by atoms with Crippen LogP contribution < -0.4 is 5.73 Å². The van der Waals surface area contributed by atoms with Crippen LogP contribution in [-0.2, 0) is 5.54 Å². The summed E-state index contributed by atoms with van der Waals surface area (Å²) in [5.41, 5.74) is 7.22. The lowest BCUT2D eigenvalue weighted by Gasteiger charge is -2.11. The van der Waals surface area contributed by atoms with Gasteiger partial charge in [0.15, 0.2) is 0 Å². The van der Waals surface area contributed by atoms with Crippen molar-refractivity contribution in [2.45, 2.75) is 25.3 Å². The van der Waals surface area contributed by atoms with Crippen molar-refractivity contribution in [3.05, 3.63) is 18.1 Å². The molecule has 1 aliphatic carbocycles. The van der Waals surface area contributed by atoms with Gasteiger partial charge in [0.25, 0.3) is 0 Å². The number of aromatic nitrogens is 3. The predicted octanol–water partition coefficient (Wildman–Crippen LogP) is 1.39. The molecule has 0 spiro atoms. The summed E-state index contributed by atoms with van der Waals surface area (Å²) in [6.07, 6.45) is 5.51. The highest BCUT2D eigenvalue weighted by atomic mass is 15.1. The molecule has 2 heterocycles. The van der Waals surface area contributed by atoms with E-state index in [1.165, 1.54) is 6.33 Å². The number of nitrogens with two attached hydrogens (primary N) is 1. The van der Waals surface area contributed by atoms with Crippen molar-refractivity contribution in [1.82, 2.24) is 14.5 Å². The molecule has 0 aliphatic heterocycles. The van der Waals surface area contributed by atoms with Crippen LogP contribution in [-0.4, -0.2) is 14.5 Å². The van der Waals surface area contributed by atoms with Crippen LogP contribution in [0, 0.1) is 11.3 Å². The summed E-state index contributed by atoms with van der Waals surface area (Å²) >= 11 is 0. The summed E-state index contributed by atoms with van der Waals surface area (Å²) in [4.78, 5) is 8.17. The molecule has 5 heteroatoms. The number of nitriles is 1. The number of fused-ring (bicyclic) bond motifs is 1. The normalized spacial score (nSPS) is 17.2. The van der Waals surface area contributed by atoms with Crippen LogP contribution in [0.25, 0.3) is 11.0 Å². The van der Waals surface area contributed by atoms with Gasteiger partial charge < -0.3 is 10.3 Å². The van der Waals surface area contributed by atoms with Gasteiger partial charge in [0.2, 0.25) is 0 Å². The first-order valence-corrected chi connectivity index (χ1v) is 5.18. The summed E-state index contributed by atoms with van der Waals surface area (Å²) in [5, 5.41) is 9.76. The smallest absolute Gasteiger partial charge is 0.147 e. The predicted molar refractivity (Wildman–Crippen MR) is 59.5 cm³/mol. The summed E-state index contributed by atoms with van der Waals surface area (Å²) in [6, 6.07) is 2.15. The lowest BCUT2D eigenvalue weighted by atomic mass is 10.2. The van der Waals surface area contributed by atoms with E-state index in [0.717, 1.165) is 18.5 Å². The highest BCUT2D eigenvalue weighted by molar-refractivity contribution is 5.92. The maximum Gasteiger partial charge on any atom is 0.147 e. The molecule has 2 N–H and O–H groups in total. The van der Waals surface area contributed by atoms with Gasteiger partial charge in [-0.05, 0) is 19.8 Å². The molecule has 0 unspecified atom stereocenters. The SMILES string of the molecule is CC1(n2cc(C#N)c3c(N)ncnc32)CC1. The number of anilines is 1. The van der Waals surface area contributed by atoms with Gasteiger partial charge in [-0.2, -0.15) is 5.26 Å². The van der Waals surface area contributed by atoms with Crippen LogP contribution in [0.5, 0.6) is 0 Å². The van der Waals surface area contributed by atoms with Crippen molar-refractivity contribution in [3.63, 3.8) is 0 Å². The Morgan fingerprint density at radius 3 is 2.88 bits per heavy atom. The minimum atomic E-state index is 0.105. The topological polar surface area (TPSA) is 80.5 Å². The first kappa shape index (κ1) is 9.16. The molecule has 2 aromatic rings. The van der Waals surface area contributed by atoms with E-state index < -0.39 is 0 Å². The monoisotopic (exact) mass is 213 g/mol. The first-order valence-electron chi connectivity index (χ1n) is 5.18. The number of hydrogen-bond acceptors (Lipinski definition) is 4. The zero-order valence-electron chi connectivity index (χ0n) is 8.94. The maximum absolute atomic E-state index is 9.09. The molecule has 16 heavy (non-hydrogen) atoms. The summed E-state index contributed by atoms with van der Waals surface area (Å²) in [5.74, 6) is 0.379. The number of rotatable bonds is 1. The Morgan fingerprint density at radius 2 is 2.25 bits per heavy atom. The number of nitrogen functional groups attached to an aromatic ring is 1. The standard InChI is InChI=1S/C11H11N5/c1-11(2-3-11)16-5-7(4-12)8-9(13)14-6-15-10(8)16/h5-6H,2-3H2,1H3,(H2,13,14,15). The second kappa shape index (κ2) is 2.73. The fraction of sp³-hybridized carbons (Fsp3) is 0.364.